The van der Waals surface area contributed by atoms with Crippen LogP contribution in [0.4, 0.5) is 0 Å². The predicted octanol–water partition coefficient (Wildman–Crippen LogP) is 1.52. The first-order chi connectivity index (χ1) is 7.50. The van der Waals surface area contributed by atoms with Crippen molar-refractivity contribution in [2.45, 2.75) is 13.8 Å². The van der Waals surface area contributed by atoms with Crippen LogP contribution in [-0.2, 0) is 7.05 Å². The Morgan fingerprint density at radius 3 is 2.31 bits per heavy atom. The van der Waals surface area contributed by atoms with Crippen LogP contribution >= 0.6 is 0 Å². The molecule has 0 atom stereocenters. The fraction of sp³-hybridized carbons (Fsp3) is 0.231. The smallest absolute Gasteiger partial charge is 0.250 e. The molecule has 2 aromatic rings. The zero-order chi connectivity index (χ0) is 11.9. The Balaban J connectivity index is 3.17. The molecule has 2 rings (SSSR count). The van der Waals surface area contributed by atoms with Crippen LogP contribution < -0.4 is 11.0 Å². The van der Waals surface area contributed by atoms with Gasteiger partial charge in [0, 0.05) is 18.5 Å². The van der Waals surface area contributed by atoms with Gasteiger partial charge in [-0.05, 0) is 43.2 Å². The third-order valence-corrected chi connectivity index (χ3v) is 2.95. The summed E-state index contributed by atoms with van der Waals surface area (Å²) < 4.78 is 1.50. The van der Waals surface area contributed by atoms with Crippen molar-refractivity contribution in [2.24, 2.45) is 7.05 Å². The quantitative estimate of drug-likeness (QED) is 0.668. The summed E-state index contributed by atoms with van der Waals surface area (Å²) in [5.74, 6) is 0. The van der Waals surface area contributed by atoms with E-state index >= 15 is 0 Å². The molecule has 0 fully saturated rings. The second-order valence-corrected chi connectivity index (χ2v) is 4.05. The van der Waals surface area contributed by atoms with Crippen molar-refractivity contribution in [3.05, 3.63) is 56.0 Å². The van der Waals surface area contributed by atoms with Crippen LogP contribution in [-0.4, -0.2) is 4.57 Å². The lowest BCUT2D eigenvalue weighted by atomic mass is 10.1. The third-order valence-electron chi connectivity index (χ3n) is 2.95. The van der Waals surface area contributed by atoms with Gasteiger partial charge in [0.05, 0.1) is 5.52 Å². The minimum absolute atomic E-state index is 0.115. The SMILES string of the molecule is Cc1cc2c(=O)ccc(=O)n(C)c2cc1C. The van der Waals surface area contributed by atoms with E-state index in [0.717, 1.165) is 11.1 Å². The summed E-state index contributed by atoms with van der Waals surface area (Å²) in [4.78, 5) is 23.4. The van der Waals surface area contributed by atoms with Crippen molar-refractivity contribution in [1.82, 2.24) is 4.57 Å². The third kappa shape index (κ3) is 1.54. The lowest BCUT2D eigenvalue weighted by molar-refractivity contribution is 0.911. The topological polar surface area (TPSA) is 39.1 Å². The van der Waals surface area contributed by atoms with E-state index in [1.807, 2.05) is 26.0 Å². The van der Waals surface area contributed by atoms with Crippen molar-refractivity contribution in [2.75, 3.05) is 0 Å². The maximum Gasteiger partial charge on any atom is 0.250 e. The first kappa shape index (κ1) is 10.6. The number of nitrogens with zero attached hydrogens (tertiary/aromatic N) is 1. The Bertz CT molecular complexity index is 684. The van der Waals surface area contributed by atoms with Crippen LogP contribution in [0.3, 0.4) is 0 Å². The summed E-state index contributed by atoms with van der Waals surface area (Å²) in [7, 11) is 1.68. The van der Waals surface area contributed by atoms with Crippen molar-refractivity contribution >= 4 is 10.9 Å². The number of hydrogen-bond acceptors (Lipinski definition) is 2. The molecule has 82 valence electrons. The molecular formula is C13H13NO2. The van der Waals surface area contributed by atoms with Gasteiger partial charge < -0.3 is 4.57 Å². The molecule has 0 saturated carbocycles. The number of aromatic nitrogens is 1. The van der Waals surface area contributed by atoms with E-state index in [1.165, 1.54) is 16.7 Å². The van der Waals surface area contributed by atoms with E-state index in [-0.39, 0.29) is 11.0 Å². The Morgan fingerprint density at radius 2 is 1.62 bits per heavy atom. The van der Waals surface area contributed by atoms with Crippen LogP contribution in [0.5, 0.6) is 0 Å². The Hall–Kier alpha value is -1.90. The molecule has 0 bridgehead atoms. The van der Waals surface area contributed by atoms with Gasteiger partial charge in [-0.3, -0.25) is 9.59 Å². The van der Waals surface area contributed by atoms with Crippen LogP contribution in [0.15, 0.2) is 33.9 Å². The first-order valence-corrected chi connectivity index (χ1v) is 5.12. The number of fused-ring (bicyclic) bond motifs is 1. The van der Waals surface area contributed by atoms with Crippen LogP contribution in [0.2, 0.25) is 0 Å². The molecule has 3 nitrogen and oxygen atoms in total. The molecule has 0 unspecified atom stereocenters. The van der Waals surface area contributed by atoms with Gasteiger partial charge in [-0.25, -0.2) is 0 Å². The fourth-order valence-electron chi connectivity index (χ4n) is 1.74. The van der Waals surface area contributed by atoms with Gasteiger partial charge in [-0.2, -0.15) is 0 Å². The molecule has 0 aliphatic heterocycles. The van der Waals surface area contributed by atoms with Gasteiger partial charge >= 0.3 is 0 Å². The molecule has 3 heteroatoms. The van der Waals surface area contributed by atoms with Crippen molar-refractivity contribution in [3.8, 4) is 0 Å². The summed E-state index contributed by atoms with van der Waals surface area (Å²) in [6, 6.07) is 6.37. The lowest BCUT2D eigenvalue weighted by Crippen LogP contribution is -2.12. The highest BCUT2D eigenvalue weighted by molar-refractivity contribution is 5.80. The summed E-state index contributed by atoms with van der Waals surface area (Å²) >= 11 is 0. The van der Waals surface area contributed by atoms with Crippen LogP contribution in [0.25, 0.3) is 10.9 Å². The number of hydrogen-bond donors (Lipinski definition) is 0. The highest BCUT2D eigenvalue weighted by Gasteiger charge is 2.03. The normalized spacial score (nSPS) is 10.7. The summed E-state index contributed by atoms with van der Waals surface area (Å²) in [6.07, 6.45) is 0. The van der Waals surface area contributed by atoms with E-state index in [4.69, 9.17) is 0 Å². The van der Waals surface area contributed by atoms with Gasteiger partial charge in [0.2, 0.25) is 0 Å². The second kappa shape index (κ2) is 3.59. The van der Waals surface area contributed by atoms with Crippen molar-refractivity contribution < 1.29 is 0 Å². The molecular weight excluding hydrogens is 202 g/mol. The Morgan fingerprint density at radius 1 is 1.00 bits per heavy atom. The molecule has 0 aliphatic carbocycles. The van der Waals surface area contributed by atoms with Gasteiger partial charge in [0.25, 0.3) is 5.56 Å². The van der Waals surface area contributed by atoms with Crippen molar-refractivity contribution in [1.29, 1.82) is 0 Å². The Kier molecular flexibility index (Phi) is 2.38. The molecule has 0 saturated heterocycles. The molecule has 16 heavy (non-hydrogen) atoms. The zero-order valence-electron chi connectivity index (χ0n) is 9.57. The average Bonchev–Trinajstić information content (AvgIpc) is 2.35. The predicted molar refractivity (Wildman–Crippen MR) is 64.9 cm³/mol. The molecule has 1 aromatic carbocycles. The lowest BCUT2D eigenvalue weighted by Gasteiger charge is -2.03. The number of benzene rings is 1. The van der Waals surface area contributed by atoms with E-state index in [0.29, 0.717) is 10.9 Å². The summed E-state index contributed by atoms with van der Waals surface area (Å²) in [6.45, 7) is 3.93. The van der Waals surface area contributed by atoms with Gasteiger partial charge in [-0.1, -0.05) is 0 Å². The largest absolute Gasteiger partial charge is 0.311 e. The minimum Gasteiger partial charge on any atom is -0.311 e. The van der Waals surface area contributed by atoms with E-state index in [9.17, 15) is 9.59 Å². The van der Waals surface area contributed by atoms with Gasteiger partial charge in [0.1, 0.15) is 0 Å². The molecule has 0 aliphatic rings. The molecule has 0 radical (unpaired) electrons. The van der Waals surface area contributed by atoms with E-state index in [2.05, 4.69) is 0 Å². The van der Waals surface area contributed by atoms with E-state index in [1.54, 1.807) is 7.05 Å². The monoisotopic (exact) mass is 215 g/mol. The van der Waals surface area contributed by atoms with Crippen LogP contribution in [0.1, 0.15) is 11.1 Å². The van der Waals surface area contributed by atoms with Gasteiger partial charge in [0.15, 0.2) is 5.43 Å². The average molecular weight is 215 g/mol. The standard InChI is InChI=1S/C13H13NO2/c1-8-6-10-11(7-9(8)2)14(3)13(16)5-4-12(10)15/h4-7H,1-3H3. The van der Waals surface area contributed by atoms with E-state index < -0.39 is 0 Å². The zero-order valence-corrected chi connectivity index (χ0v) is 9.57. The molecule has 0 amide bonds. The van der Waals surface area contributed by atoms with Crippen molar-refractivity contribution in [3.63, 3.8) is 0 Å². The molecule has 1 heterocycles. The molecule has 0 N–H and O–H groups in total. The maximum atomic E-state index is 11.8. The number of rotatable bonds is 0. The summed E-state index contributed by atoms with van der Waals surface area (Å²) in [5.41, 5.74) is 2.53. The Labute approximate surface area is 93.0 Å². The highest BCUT2D eigenvalue weighted by atomic mass is 16.1. The molecule has 0 spiro atoms. The number of aryl methyl sites for hydroxylation is 3. The van der Waals surface area contributed by atoms with Crippen LogP contribution in [0, 0.1) is 13.8 Å². The first-order valence-electron chi connectivity index (χ1n) is 5.12. The minimum atomic E-state index is -0.171. The fourth-order valence-corrected chi connectivity index (χ4v) is 1.74. The summed E-state index contributed by atoms with van der Waals surface area (Å²) in [5, 5.41) is 0.590. The van der Waals surface area contributed by atoms with Gasteiger partial charge in [-0.15, -0.1) is 0 Å². The maximum absolute atomic E-state index is 11.8. The second-order valence-electron chi connectivity index (χ2n) is 4.05. The highest BCUT2D eigenvalue weighted by Crippen LogP contribution is 2.14. The molecule has 1 aromatic heterocycles.